The van der Waals surface area contributed by atoms with Crippen molar-refractivity contribution < 1.29 is 9.90 Å². The number of carboxylic acids is 1. The van der Waals surface area contributed by atoms with Crippen LogP contribution in [0.4, 0.5) is 0 Å². The number of fused-ring (bicyclic) bond motifs is 1. The van der Waals surface area contributed by atoms with Crippen LogP contribution in [0.1, 0.15) is 43.2 Å². The maximum atomic E-state index is 11.5. The number of aliphatic carboxylic acids is 1. The molecule has 2 aliphatic carbocycles. The summed E-state index contributed by atoms with van der Waals surface area (Å²) < 4.78 is 0. The average molecular weight is 277 g/mol. The van der Waals surface area contributed by atoms with Gasteiger partial charge in [0.05, 0.1) is 0 Å². The van der Waals surface area contributed by atoms with Crippen molar-refractivity contribution in [1.82, 2.24) is 0 Å². The third kappa shape index (κ3) is 2.30. The SMILES string of the molecule is O=C(O)C1=C(C2CCCC2)c2cc(Cl)ccc2CC1. The fourth-order valence-electron chi connectivity index (χ4n) is 3.48. The van der Waals surface area contributed by atoms with Gasteiger partial charge >= 0.3 is 5.97 Å². The highest BCUT2D eigenvalue weighted by molar-refractivity contribution is 6.30. The van der Waals surface area contributed by atoms with Gasteiger partial charge in [0.15, 0.2) is 0 Å². The van der Waals surface area contributed by atoms with E-state index in [0.717, 1.165) is 30.4 Å². The highest BCUT2D eigenvalue weighted by atomic mass is 35.5. The fraction of sp³-hybridized carbons (Fsp3) is 0.438. The number of halogens is 1. The molecule has 0 spiro atoms. The molecular formula is C16H17ClO2. The lowest BCUT2D eigenvalue weighted by Gasteiger charge is -2.26. The van der Waals surface area contributed by atoms with Crippen LogP contribution in [0.25, 0.3) is 5.57 Å². The molecule has 1 saturated carbocycles. The van der Waals surface area contributed by atoms with Gasteiger partial charge < -0.3 is 5.11 Å². The van der Waals surface area contributed by atoms with Crippen LogP contribution in [0.15, 0.2) is 23.8 Å². The maximum Gasteiger partial charge on any atom is 0.331 e. The van der Waals surface area contributed by atoms with Crippen LogP contribution in [-0.2, 0) is 11.2 Å². The predicted molar refractivity (Wildman–Crippen MR) is 76.3 cm³/mol. The molecule has 2 aliphatic rings. The van der Waals surface area contributed by atoms with E-state index < -0.39 is 5.97 Å². The smallest absolute Gasteiger partial charge is 0.331 e. The molecule has 0 saturated heterocycles. The van der Waals surface area contributed by atoms with Crippen LogP contribution in [0.5, 0.6) is 0 Å². The van der Waals surface area contributed by atoms with E-state index in [1.165, 1.54) is 18.4 Å². The van der Waals surface area contributed by atoms with Crippen molar-refractivity contribution in [2.45, 2.75) is 38.5 Å². The first-order valence-corrected chi connectivity index (χ1v) is 7.29. The number of allylic oxidation sites excluding steroid dienone is 1. The summed E-state index contributed by atoms with van der Waals surface area (Å²) in [5.41, 5.74) is 4.01. The van der Waals surface area contributed by atoms with Gasteiger partial charge in [-0.3, -0.25) is 0 Å². The topological polar surface area (TPSA) is 37.3 Å². The minimum atomic E-state index is -0.757. The molecule has 0 atom stereocenters. The molecule has 100 valence electrons. The van der Waals surface area contributed by atoms with Gasteiger partial charge in [-0.1, -0.05) is 30.5 Å². The first kappa shape index (κ1) is 12.7. The van der Waals surface area contributed by atoms with Gasteiger partial charge in [-0.25, -0.2) is 4.79 Å². The molecule has 1 aromatic rings. The molecule has 0 unspecified atom stereocenters. The number of rotatable bonds is 2. The normalized spacial score (nSPS) is 19.6. The Morgan fingerprint density at radius 3 is 2.63 bits per heavy atom. The Bertz CT molecular complexity index is 554. The van der Waals surface area contributed by atoms with Crippen molar-refractivity contribution in [3.8, 4) is 0 Å². The second-order valence-electron chi connectivity index (χ2n) is 5.48. The van der Waals surface area contributed by atoms with Crippen LogP contribution in [0.3, 0.4) is 0 Å². The monoisotopic (exact) mass is 276 g/mol. The van der Waals surface area contributed by atoms with E-state index in [0.29, 0.717) is 22.9 Å². The zero-order valence-corrected chi connectivity index (χ0v) is 11.5. The Labute approximate surface area is 118 Å². The largest absolute Gasteiger partial charge is 0.478 e. The summed E-state index contributed by atoms with van der Waals surface area (Å²) in [4.78, 5) is 11.5. The fourth-order valence-corrected chi connectivity index (χ4v) is 3.65. The number of carbonyl (C=O) groups is 1. The highest BCUT2D eigenvalue weighted by Gasteiger charge is 2.30. The molecule has 0 heterocycles. The molecule has 1 aromatic carbocycles. The van der Waals surface area contributed by atoms with Gasteiger partial charge in [-0.2, -0.15) is 0 Å². The Morgan fingerprint density at radius 2 is 1.95 bits per heavy atom. The first-order valence-electron chi connectivity index (χ1n) is 6.92. The summed E-state index contributed by atoms with van der Waals surface area (Å²) in [7, 11) is 0. The van der Waals surface area contributed by atoms with E-state index in [4.69, 9.17) is 11.6 Å². The molecule has 0 radical (unpaired) electrons. The summed E-state index contributed by atoms with van der Waals surface area (Å²) in [5, 5.41) is 10.2. The van der Waals surface area contributed by atoms with Crippen molar-refractivity contribution in [2.75, 3.05) is 0 Å². The molecular weight excluding hydrogens is 260 g/mol. The number of aryl methyl sites for hydroxylation is 1. The second-order valence-corrected chi connectivity index (χ2v) is 5.92. The quantitative estimate of drug-likeness (QED) is 0.874. The molecule has 0 amide bonds. The molecule has 2 nitrogen and oxygen atoms in total. The van der Waals surface area contributed by atoms with E-state index in [9.17, 15) is 9.90 Å². The Hall–Kier alpha value is -1.28. The lowest BCUT2D eigenvalue weighted by Crippen LogP contribution is -2.16. The van der Waals surface area contributed by atoms with E-state index in [2.05, 4.69) is 0 Å². The lowest BCUT2D eigenvalue weighted by atomic mass is 9.79. The molecule has 0 aromatic heterocycles. The van der Waals surface area contributed by atoms with Gasteiger partial charge in [0.1, 0.15) is 0 Å². The van der Waals surface area contributed by atoms with Gasteiger partial charge in [-0.15, -0.1) is 0 Å². The van der Waals surface area contributed by atoms with Crippen LogP contribution in [0, 0.1) is 5.92 Å². The van der Waals surface area contributed by atoms with E-state index in [-0.39, 0.29) is 0 Å². The molecule has 3 heteroatoms. The summed E-state index contributed by atoms with van der Waals surface area (Å²) >= 11 is 6.11. The molecule has 19 heavy (non-hydrogen) atoms. The van der Waals surface area contributed by atoms with Crippen molar-refractivity contribution in [1.29, 1.82) is 0 Å². The molecule has 0 bridgehead atoms. The highest BCUT2D eigenvalue weighted by Crippen LogP contribution is 2.43. The number of hydrogen-bond acceptors (Lipinski definition) is 1. The summed E-state index contributed by atoms with van der Waals surface area (Å²) in [6, 6.07) is 5.90. The first-order chi connectivity index (χ1) is 9.16. The third-order valence-electron chi connectivity index (χ3n) is 4.35. The predicted octanol–water partition coefficient (Wildman–Crippen LogP) is 4.31. The minimum absolute atomic E-state index is 0.406. The van der Waals surface area contributed by atoms with Crippen molar-refractivity contribution in [3.63, 3.8) is 0 Å². The third-order valence-corrected chi connectivity index (χ3v) is 4.59. The molecule has 1 N–H and O–H groups in total. The number of benzene rings is 1. The Kier molecular flexibility index (Phi) is 3.36. The minimum Gasteiger partial charge on any atom is -0.478 e. The zero-order chi connectivity index (χ0) is 13.4. The summed E-state index contributed by atoms with van der Waals surface area (Å²) in [6.07, 6.45) is 6.09. The van der Waals surface area contributed by atoms with Gasteiger partial charge in [0.2, 0.25) is 0 Å². The number of hydrogen-bond donors (Lipinski definition) is 1. The Morgan fingerprint density at radius 1 is 1.21 bits per heavy atom. The van der Waals surface area contributed by atoms with Crippen LogP contribution < -0.4 is 0 Å². The van der Waals surface area contributed by atoms with Gasteiger partial charge in [0, 0.05) is 10.6 Å². The molecule has 1 fully saturated rings. The van der Waals surface area contributed by atoms with Crippen LogP contribution in [0.2, 0.25) is 5.02 Å². The van der Waals surface area contributed by atoms with Crippen molar-refractivity contribution >= 4 is 23.1 Å². The summed E-state index contributed by atoms with van der Waals surface area (Å²) in [6.45, 7) is 0. The molecule has 3 rings (SSSR count). The van der Waals surface area contributed by atoms with Gasteiger partial charge in [0.25, 0.3) is 0 Å². The average Bonchev–Trinajstić information content (AvgIpc) is 2.90. The van der Waals surface area contributed by atoms with E-state index in [1.54, 1.807) is 0 Å². The zero-order valence-electron chi connectivity index (χ0n) is 10.8. The van der Waals surface area contributed by atoms with Gasteiger partial charge in [-0.05, 0) is 60.4 Å². The van der Waals surface area contributed by atoms with Crippen LogP contribution in [-0.4, -0.2) is 11.1 Å². The standard InChI is InChI=1S/C16H17ClO2/c17-12-7-5-10-6-8-13(16(18)19)15(14(10)9-12)11-3-1-2-4-11/h5,7,9,11H,1-4,6,8H2,(H,18,19). The van der Waals surface area contributed by atoms with E-state index >= 15 is 0 Å². The summed E-state index contributed by atoms with van der Waals surface area (Å²) in [5.74, 6) is -0.351. The van der Waals surface area contributed by atoms with Crippen molar-refractivity contribution in [2.24, 2.45) is 5.92 Å². The maximum absolute atomic E-state index is 11.5. The van der Waals surface area contributed by atoms with Crippen LogP contribution >= 0.6 is 11.6 Å². The second kappa shape index (κ2) is 5.01. The van der Waals surface area contributed by atoms with Crippen molar-refractivity contribution in [3.05, 3.63) is 39.9 Å². The Balaban J connectivity index is 2.16. The molecule has 0 aliphatic heterocycles. The number of carboxylic acid groups (broad SMARTS) is 1. The van der Waals surface area contributed by atoms with E-state index in [1.807, 2.05) is 18.2 Å². The lowest BCUT2D eigenvalue weighted by molar-refractivity contribution is -0.132.